The quantitative estimate of drug-likeness (QED) is 0.760. The van der Waals surface area contributed by atoms with Gasteiger partial charge >= 0.3 is 12.0 Å². The first-order valence-electron chi connectivity index (χ1n) is 7.85. The Labute approximate surface area is 132 Å². The lowest BCUT2D eigenvalue weighted by molar-refractivity contribution is -0.143. The number of nitrogens with one attached hydrogen (secondary N) is 2. The Balaban J connectivity index is 2.67. The van der Waals surface area contributed by atoms with E-state index in [-0.39, 0.29) is 24.5 Å². The number of carbonyl (C=O) groups is 2. The van der Waals surface area contributed by atoms with Gasteiger partial charge in [-0.3, -0.25) is 4.79 Å². The number of carbonyl (C=O) groups excluding carboxylic acids is 2. The summed E-state index contributed by atoms with van der Waals surface area (Å²) in [6.45, 7) is 8.00. The van der Waals surface area contributed by atoms with Crippen LogP contribution in [-0.2, 0) is 22.4 Å². The number of hydrogen-bond acceptors (Lipinski definition) is 3. The number of amides is 2. The molecule has 0 saturated heterocycles. The van der Waals surface area contributed by atoms with E-state index in [2.05, 4.69) is 24.5 Å². The Morgan fingerprint density at radius 3 is 2.23 bits per heavy atom. The zero-order chi connectivity index (χ0) is 16.5. The number of para-hydroxylation sites is 1. The summed E-state index contributed by atoms with van der Waals surface area (Å²) in [6, 6.07) is 5.45. The Morgan fingerprint density at radius 1 is 1.14 bits per heavy atom. The highest BCUT2D eigenvalue weighted by Gasteiger charge is 2.14. The van der Waals surface area contributed by atoms with Gasteiger partial charge in [0.15, 0.2) is 0 Å². The van der Waals surface area contributed by atoms with Gasteiger partial charge in [0, 0.05) is 11.7 Å². The van der Waals surface area contributed by atoms with Gasteiger partial charge in [0.05, 0.1) is 13.0 Å². The van der Waals surface area contributed by atoms with Crippen LogP contribution in [0.1, 0.15) is 45.2 Å². The molecule has 0 aliphatic heterocycles. The van der Waals surface area contributed by atoms with E-state index in [1.807, 2.05) is 18.2 Å². The molecule has 122 valence electrons. The van der Waals surface area contributed by atoms with Gasteiger partial charge in [-0.15, -0.1) is 0 Å². The second kappa shape index (κ2) is 9.07. The van der Waals surface area contributed by atoms with Crippen molar-refractivity contribution in [2.24, 2.45) is 0 Å². The zero-order valence-corrected chi connectivity index (χ0v) is 13.9. The molecule has 0 aromatic heterocycles. The standard InChI is InChI=1S/C17H26N2O3/c1-5-13-9-8-10-14(6-2)16(13)19-17(21)18-12(4)11-15(20)22-7-3/h8-10,12H,5-7,11H2,1-4H3,(H2,18,19,21). The van der Waals surface area contributed by atoms with Gasteiger partial charge in [-0.1, -0.05) is 32.0 Å². The fourth-order valence-corrected chi connectivity index (χ4v) is 2.30. The van der Waals surface area contributed by atoms with Crippen LogP contribution in [0.3, 0.4) is 0 Å². The summed E-state index contributed by atoms with van der Waals surface area (Å²) in [6.07, 6.45) is 1.86. The first-order chi connectivity index (χ1) is 10.5. The lowest BCUT2D eigenvalue weighted by Gasteiger charge is -2.17. The largest absolute Gasteiger partial charge is 0.466 e. The summed E-state index contributed by atoms with van der Waals surface area (Å²) in [5.41, 5.74) is 3.08. The highest BCUT2D eigenvalue weighted by Crippen LogP contribution is 2.22. The van der Waals surface area contributed by atoms with Gasteiger partial charge in [-0.25, -0.2) is 4.79 Å². The van der Waals surface area contributed by atoms with Crippen molar-refractivity contribution in [3.05, 3.63) is 29.3 Å². The molecule has 1 aromatic carbocycles. The average molecular weight is 306 g/mol. The number of esters is 1. The Hall–Kier alpha value is -2.04. The predicted octanol–water partition coefficient (Wildman–Crippen LogP) is 3.27. The van der Waals surface area contributed by atoms with E-state index in [0.29, 0.717) is 6.61 Å². The number of hydrogen-bond donors (Lipinski definition) is 2. The smallest absolute Gasteiger partial charge is 0.319 e. The van der Waals surface area contributed by atoms with Crippen LogP contribution in [-0.4, -0.2) is 24.6 Å². The van der Waals surface area contributed by atoms with Crippen LogP contribution in [0, 0.1) is 0 Å². The molecule has 1 rings (SSSR count). The molecule has 0 saturated carbocycles. The number of ether oxygens (including phenoxy) is 1. The van der Waals surface area contributed by atoms with Crippen molar-refractivity contribution in [2.45, 2.75) is 53.0 Å². The minimum atomic E-state index is -0.307. The van der Waals surface area contributed by atoms with Gasteiger partial charge in [-0.05, 0) is 37.8 Å². The molecule has 0 heterocycles. The number of urea groups is 1. The minimum Gasteiger partial charge on any atom is -0.466 e. The first-order valence-corrected chi connectivity index (χ1v) is 7.85. The zero-order valence-electron chi connectivity index (χ0n) is 13.9. The first kappa shape index (κ1) is 18.0. The molecular weight excluding hydrogens is 280 g/mol. The SMILES string of the molecule is CCOC(=O)CC(C)NC(=O)Nc1c(CC)cccc1CC. The summed E-state index contributed by atoms with van der Waals surface area (Å²) in [4.78, 5) is 23.5. The van der Waals surface area contributed by atoms with Crippen molar-refractivity contribution in [1.29, 1.82) is 0 Å². The maximum atomic E-state index is 12.1. The van der Waals surface area contributed by atoms with Crippen LogP contribution < -0.4 is 10.6 Å². The maximum Gasteiger partial charge on any atom is 0.319 e. The molecule has 1 aromatic rings. The normalized spacial score (nSPS) is 11.6. The van der Waals surface area contributed by atoms with Gasteiger partial charge in [0.1, 0.15) is 0 Å². The third kappa shape index (κ3) is 5.39. The third-order valence-corrected chi connectivity index (χ3v) is 3.39. The fraction of sp³-hybridized carbons (Fsp3) is 0.529. The van der Waals surface area contributed by atoms with E-state index >= 15 is 0 Å². The van der Waals surface area contributed by atoms with Crippen LogP contribution in [0.25, 0.3) is 0 Å². The molecule has 0 spiro atoms. The second-order valence-corrected chi connectivity index (χ2v) is 5.17. The lowest BCUT2D eigenvalue weighted by Crippen LogP contribution is -2.38. The van der Waals surface area contributed by atoms with Crippen molar-refractivity contribution in [3.63, 3.8) is 0 Å². The van der Waals surface area contributed by atoms with E-state index in [0.717, 1.165) is 29.7 Å². The molecule has 0 fully saturated rings. The lowest BCUT2D eigenvalue weighted by atomic mass is 10.0. The molecular formula is C17H26N2O3. The van der Waals surface area contributed by atoms with Crippen molar-refractivity contribution in [1.82, 2.24) is 5.32 Å². The summed E-state index contributed by atoms with van der Waals surface area (Å²) in [5, 5.41) is 5.68. The van der Waals surface area contributed by atoms with E-state index in [1.165, 1.54) is 0 Å². The van der Waals surface area contributed by atoms with Crippen molar-refractivity contribution in [2.75, 3.05) is 11.9 Å². The molecule has 2 N–H and O–H groups in total. The molecule has 0 aliphatic carbocycles. The monoisotopic (exact) mass is 306 g/mol. The van der Waals surface area contributed by atoms with E-state index in [1.54, 1.807) is 13.8 Å². The van der Waals surface area contributed by atoms with Crippen LogP contribution in [0.15, 0.2) is 18.2 Å². The van der Waals surface area contributed by atoms with Crippen LogP contribution in [0.4, 0.5) is 10.5 Å². The summed E-state index contributed by atoms with van der Waals surface area (Å²) in [7, 11) is 0. The molecule has 0 radical (unpaired) electrons. The minimum absolute atomic E-state index is 0.164. The molecule has 5 nitrogen and oxygen atoms in total. The number of rotatable bonds is 7. The summed E-state index contributed by atoms with van der Waals surface area (Å²) in [5.74, 6) is -0.307. The average Bonchev–Trinajstić information content (AvgIpc) is 2.47. The Bertz CT molecular complexity index is 492. The summed E-state index contributed by atoms with van der Waals surface area (Å²) >= 11 is 0. The number of aryl methyl sites for hydroxylation is 2. The van der Waals surface area contributed by atoms with Gasteiger partial charge in [0.25, 0.3) is 0 Å². The molecule has 22 heavy (non-hydrogen) atoms. The fourth-order valence-electron chi connectivity index (χ4n) is 2.30. The Morgan fingerprint density at radius 2 is 1.73 bits per heavy atom. The molecule has 5 heteroatoms. The number of anilines is 1. The molecule has 1 unspecified atom stereocenters. The summed E-state index contributed by atoms with van der Waals surface area (Å²) < 4.78 is 4.87. The van der Waals surface area contributed by atoms with Crippen molar-refractivity contribution < 1.29 is 14.3 Å². The highest BCUT2D eigenvalue weighted by molar-refractivity contribution is 5.91. The van der Waals surface area contributed by atoms with Crippen LogP contribution in [0.5, 0.6) is 0 Å². The predicted molar refractivity (Wildman–Crippen MR) is 88.1 cm³/mol. The van der Waals surface area contributed by atoms with Gasteiger partial charge in [-0.2, -0.15) is 0 Å². The third-order valence-electron chi connectivity index (χ3n) is 3.39. The Kier molecular flexibility index (Phi) is 7.43. The van der Waals surface area contributed by atoms with Crippen LogP contribution in [0.2, 0.25) is 0 Å². The number of benzene rings is 1. The molecule has 2 amide bonds. The van der Waals surface area contributed by atoms with E-state index in [9.17, 15) is 9.59 Å². The van der Waals surface area contributed by atoms with Crippen molar-refractivity contribution >= 4 is 17.7 Å². The highest BCUT2D eigenvalue weighted by atomic mass is 16.5. The van der Waals surface area contributed by atoms with E-state index in [4.69, 9.17) is 4.74 Å². The second-order valence-electron chi connectivity index (χ2n) is 5.17. The van der Waals surface area contributed by atoms with Crippen LogP contribution >= 0.6 is 0 Å². The topological polar surface area (TPSA) is 67.4 Å². The van der Waals surface area contributed by atoms with Gasteiger partial charge < -0.3 is 15.4 Å². The maximum absolute atomic E-state index is 12.1. The van der Waals surface area contributed by atoms with Gasteiger partial charge in [0.2, 0.25) is 0 Å². The molecule has 1 atom stereocenters. The van der Waals surface area contributed by atoms with Crippen molar-refractivity contribution in [3.8, 4) is 0 Å². The van der Waals surface area contributed by atoms with E-state index < -0.39 is 0 Å². The molecule has 0 bridgehead atoms. The molecule has 0 aliphatic rings.